The third kappa shape index (κ3) is 2.17. The van der Waals surface area contributed by atoms with Crippen LogP contribution in [-0.2, 0) is 9.53 Å². The number of ether oxygens (including phenoxy) is 1. The first kappa shape index (κ1) is 11.7. The molecule has 1 aromatic carbocycles. The van der Waals surface area contributed by atoms with E-state index in [0.29, 0.717) is 16.6 Å². The molecule has 1 aromatic rings. The van der Waals surface area contributed by atoms with E-state index < -0.39 is 0 Å². The van der Waals surface area contributed by atoms with Crippen molar-refractivity contribution in [2.24, 2.45) is 0 Å². The number of halogens is 2. The Kier molecular flexibility index (Phi) is 3.38. The summed E-state index contributed by atoms with van der Waals surface area (Å²) in [5, 5.41) is 3.97. The van der Waals surface area contributed by atoms with E-state index in [1.165, 1.54) is 0 Å². The minimum absolute atomic E-state index is 0.0721. The predicted molar refractivity (Wildman–Crippen MR) is 62.9 cm³/mol. The fraction of sp³-hybridized carbons (Fsp3) is 0.364. The third-order valence-corrected chi connectivity index (χ3v) is 3.51. The molecule has 1 aliphatic heterocycles. The van der Waals surface area contributed by atoms with Crippen LogP contribution >= 0.6 is 23.2 Å². The molecule has 16 heavy (non-hydrogen) atoms. The van der Waals surface area contributed by atoms with Crippen LogP contribution in [0.15, 0.2) is 12.1 Å². The molecule has 1 aliphatic rings. The van der Waals surface area contributed by atoms with Crippen molar-refractivity contribution in [3.8, 4) is 0 Å². The van der Waals surface area contributed by atoms with Gasteiger partial charge in [0.1, 0.15) is 12.7 Å². The monoisotopic (exact) mass is 259 g/mol. The molecule has 1 atom stereocenters. The first-order valence-electron chi connectivity index (χ1n) is 4.92. The summed E-state index contributed by atoms with van der Waals surface area (Å²) in [5.41, 5.74) is 1.70. The average Bonchev–Trinajstić information content (AvgIpc) is 2.28. The van der Waals surface area contributed by atoms with Crippen molar-refractivity contribution >= 4 is 29.1 Å². The lowest BCUT2D eigenvalue weighted by molar-refractivity contribution is -0.133. The predicted octanol–water partition coefficient (Wildman–Crippen LogP) is 2.49. The maximum Gasteiger partial charge on any atom is 0.246 e. The molecule has 1 amide bonds. The Morgan fingerprint density at radius 3 is 2.81 bits per heavy atom. The minimum atomic E-state index is -0.193. The van der Waals surface area contributed by atoms with Gasteiger partial charge in [-0.15, -0.1) is 0 Å². The van der Waals surface area contributed by atoms with Crippen LogP contribution < -0.4 is 5.32 Å². The fourth-order valence-corrected chi connectivity index (χ4v) is 2.12. The molecule has 0 bridgehead atoms. The Morgan fingerprint density at radius 1 is 1.44 bits per heavy atom. The zero-order chi connectivity index (χ0) is 11.7. The molecule has 0 aliphatic carbocycles. The van der Waals surface area contributed by atoms with E-state index in [9.17, 15) is 4.79 Å². The van der Waals surface area contributed by atoms with Gasteiger partial charge in [0, 0.05) is 17.1 Å². The second-order valence-corrected chi connectivity index (χ2v) is 4.46. The minimum Gasteiger partial charge on any atom is -0.362 e. The van der Waals surface area contributed by atoms with Gasteiger partial charge in [-0.25, -0.2) is 0 Å². The summed E-state index contributed by atoms with van der Waals surface area (Å²) < 4.78 is 5.41. The summed E-state index contributed by atoms with van der Waals surface area (Å²) in [5.74, 6) is -0.0990. The van der Waals surface area contributed by atoms with Gasteiger partial charge in [0.05, 0.1) is 5.02 Å². The molecule has 0 unspecified atom stereocenters. The summed E-state index contributed by atoms with van der Waals surface area (Å²) in [6.07, 6.45) is -0.193. The second-order valence-electron chi connectivity index (χ2n) is 3.68. The van der Waals surface area contributed by atoms with Gasteiger partial charge >= 0.3 is 0 Å². The van der Waals surface area contributed by atoms with Crippen molar-refractivity contribution in [1.29, 1.82) is 0 Å². The molecule has 1 N–H and O–H groups in total. The summed E-state index contributed by atoms with van der Waals surface area (Å²) in [7, 11) is 0. The number of benzene rings is 1. The van der Waals surface area contributed by atoms with Gasteiger partial charge in [0.15, 0.2) is 0 Å². The largest absolute Gasteiger partial charge is 0.362 e. The van der Waals surface area contributed by atoms with E-state index in [2.05, 4.69) is 5.32 Å². The third-order valence-electron chi connectivity index (χ3n) is 2.60. The maximum absolute atomic E-state index is 11.0. The van der Waals surface area contributed by atoms with Crippen LogP contribution in [0.25, 0.3) is 0 Å². The lowest BCUT2D eigenvalue weighted by Crippen LogP contribution is -2.38. The number of rotatable bonds is 1. The fourth-order valence-electron chi connectivity index (χ4n) is 1.62. The van der Waals surface area contributed by atoms with Crippen LogP contribution in [0.3, 0.4) is 0 Å². The topological polar surface area (TPSA) is 38.3 Å². The van der Waals surface area contributed by atoms with E-state index in [4.69, 9.17) is 27.9 Å². The number of amides is 1. The van der Waals surface area contributed by atoms with Crippen molar-refractivity contribution < 1.29 is 9.53 Å². The van der Waals surface area contributed by atoms with Crippen LogP contribution in [0.4, 0.5) is 0 Å². The quantitative estimate of drug-likeness (QED) is 0.842. The molecule has 1 saturated heterocycles. The van der Waals surface area contributed by atoms with Gasteiger partial charge < -0.3 is 10.1 Å². The SMILES string of the molecule is Cc1c(Cl)ccc([C@@H]2CNC(=O)CO2)c1Cl. The number of carbonyl (C=O) groups excluding carboxylic acids is 1. The molecule has 0 saturated carbocycles. The van der Waals surface area contributed by atoms with Crippen LogP contribution in [-0.4, -0.2) is 19.1 Å². The van der Waals surface area contributed by atoms with Crippen LogP contribution in [0, 0.1) is 6.92 Å². The van der Waals surface area contributed by atoms with Crippen LogP contribution in [0.5, 0.6) is 0 Å². The molecule has 2 rings (SSSR count). The molecule has 1 heterocycles. The highest BCUT2D eigenvalue weighted by Crippen LogP contribution is 2.32. The van der Waals surface area contributed by atoms with Crippen molar-refractivity contribution in [3.05, 3.63) is 33.3 Å². The van der Waals surface area contributed by atoms with Gasteiger partial charge in [0.2, 0.25) is 5.91 Å². The molecule has 0 aromatic heterocycles. The Labute approximate surface area is 104 Å². The number of nitrogens with one attached hydrogen (secondary N) is 1. The van der Waals surface area contributed by atoms with Crippen LogP contribution in [0.1, 0.15) is 17.2 Å². The number of carbonyl (C=O) groups is 1. The molecule has 3 nitrogen and oxygen atoms in total. The molecule has 0 spiro atoms. The van der Waals surface area contributed by atoms with Gasteiger partial charge in [0.25, 0.3) is 0 Å². The van der Waals surface area contributed by atoms with Crippen molar-refractivity contribution in [1.82, 2.24) is 5.32 Å². The summed E-state index contributed by atoms with van der Waals surface area (Å²) in [6.45, 7) is 2.37. The summed E-state index contributed by atoms with van der Waals surface area (Å²) >= 11 is 12.1. The highest BCUT2D eigenvalue weighted by Gasteiger charge is 2.23. The second kappa shape index (κ2) is 4.62. The van der Waals surface area contributed by atoms with Crippen LogP contribution in [0.2, 0.25) is 10.0 Å². The van der Waals surface area contributed by atoms with E-state index in [-0.39, 0.29) is 18.6 Å². The van der Waals surface area contributed by atoms with E-state index in [1.807, 2.05) is 13.0 Å². The van der Waals surface area contributed by atoms with Gasteiger partial charge in [-0.05, 0) is 18.6 Å². The summed E-state index contributed by atoms with van der Waals surface area (Å²) in [4.78, 5) is 11.0. The highest BCUT2D eigenvalue weighted by atomic mass is 35.5. The Balaban J connectivity index is 2.27. The number of hydrogen-bond donors (Lipinski definition) is 1. The zero-order valence-electron chi connectivity index (χ0n) is 8.72. The van der Waals surface area contributed by atoms with Gasteiger partial charge in [-0.2, -0.15) is 0 Å². The normalized spacial score (nSPS) is 20.7. The lowest BCUT2D eigenvalue weighted by atomic mass is 10.1. The number of morpholine rings is 1. The smallest absolute Gasteiger partial charge is 0.246 e. The highest BCUT2D eigenvalue weighted by molar-refractivity contribution is 6.36. The first-order chi connectivity index (χ1) is 7.59. The summed E-state index contributed by atoms with van der Waals surface area (Å²) in [6, 6.07) is 3.62. The van der Waals surface area contributed by atoms with E-state index >= 15 is 0 Å². The Hall–Kier alpha value is -0.770. The Bertz CT molecular complexity index is 424. The van der Waals surface area contributed by atoms with E-state index in [1.54, 1.807) is 6.07 Å². The van der Waals surface area contributed by atoms with Crippen molar-refractivity contribution in [2.45, 2.75) is 13.0 Å². The van der Waals surface area contributed by atoms with Crippen molar-refractivity contribution in [2.75, 3.05) is 13.2 Å². The van der Waals surface area contributed by atoms with Crippen molar-refractivity contribution in [3.63, 3.8) is 0 Å². The van der Waals surface area contributed by atoms with Gasteiger partial charge in [-0.3, -0.25) is 4.79 Å². The molecule has 5 heteroatoms. The standard InChI is InChI=1S/C11H11Cl2NO2/c1-6-8(12)3-2-7(11(6)13)9-4-14-10(15)5-16-9/h2-3,9H,4-5H2,1H3,(H,14,15)/t9-/m0/s1. The molecular formula is C11H11Cl2NO2. The molecule has 1 fully saturated rings. The Morgan fingerprint density at radius 2 is 2.19 bits per heavy atom. The number of hydrogen-bond acceptors (Lipinski definition) is 2. The van der Waals surface area contributed by atoms with E-state index in [0.717, 1.165) is 11.1 Å². The average molecular weight is 260 g/mol. The zero-order valence-corrected chi connectivity index (χ0v) is 10.2. The molecular weight excluding hydrogens is 249 g/mol. The molecule has 86 valence electrons. The first-order valence-corrected chi connectivity index (χ1v) is 5.68. The van der Waals surface area contributed by atoms with Gasteiger partial charge in [-0.1, -0.05) is 29.3 Å². The lowest BCUT2D eigenvalue weighted by Gasteiger charge is -2.24. The maximum atomic E-state index is 11.0. The molecule has 0 radical (unpaired) electrons.